The zero-order valence-electron chi connectivity index (χ0n) is 13.1. The Morgan fingerprint density at radius 3 is 2.75 bits per heavy atom. The van der Waals surface area contributed by atoms with Gasteiger partial charge in [-0.15, -0.1) is 22.7 Å². The molecule has 0 unspecified atom stereocenters. The lowest BCUT2D eigenvalue weighted by atomic mass is 10.1. The van der Waals surface area contributed by atoms with Gasteiger partial charge in [0.25, 0.3) is 0 Å². The molecule has 0 aliphatic carbocycles. The molecule has 0 radical (unpaired) electrons. The normalized spacial score (nSPS) is 10.9. The van der Waals surface area contributed by atoms with Crippen molar-refractivity contribution in [2.45, 2.75) is 20.3 Å². The summed E-state index contributed by atoms with van der Waals surface area (Å²) in [6.45, 7) is 3.67. The zero-order chi connectivity index (χ0) is 17.3. The highest BCUT2D eigenvalue weighted by Crippen LogP contribution is 2.32. The minimum atomic E-state index is -0.981. The smallest absolute Gasteiger partial charge is 0.375 e. The van der Waals surface area contributed by atoms with Gasteiger partial charge in [0.1, 0.15) is 11.4 Å². The van der Waals surface area contributed by atoms with Gasteiger partial charge < -0.3 is 4.74 Å². The number of hydrogen-bond acceptors (Lipinski definition) is 7. The number of carbonyl (C=O) groups is 3. The van der Waals surface area contributed by atoms with Gasteiger partial charge in [0.2, 0.25) is 5.78 Å². The number of ether oxygens (including phenoxy) is 1. The highest BCUT2D eigenvalue weighted by Gasteiger charge is 2.26. The Hall–Kier alpha value is -2.32. The molecule has 24 heavy (non-hydrogen) atoms. The summed E-state index contributed by atoms with van der Waals surface area (Å²) in [5.74, 6) is -2.27. The van der Waals surface area contributed by atoms with E-state index in [1.165, 1.54) is 22.7 Å². The summed E-state index contributed by atoms with van der Waals surface area (Å²) in [6.07, 6.45) is 1.21. The number of imidazole rings is 1. The van der Waals surface area contributed by atoms with Crippen LogP contribution in [0.15, 0.2) is 23.0 Å². The number of thiophene rings is 1. The van der Waals surface area contributed by atoms with Gasteiger partial charge in [0, 0.05) is 11.6 Å². The first-order chi connectivity index (χ1) is 11.5. The van der Waals surface area contributed by atoms with Crippen LogP contribution in [0.1, 0.15) is 29.4 Å². The van der Waals surface area contributed by atoms with Crippen molar-refractivity contribution in [2.24, 2.45) is 0 Å². The second kappa shape index (κ2) is 6.66. The molecule has 0 atom stereocenters. The first-order valence-corrected chi connectivity index (χ1v) is 9.01. The van der Waals surface area contributed by atoms with Crippen molar-refractivity contribution < 1.29 is 19.1 Å². The van der Waals surface area contributed by atoms with Gasteiger partial charge in [-0.3, -0.25) is 14.0 Å². The molecule has 0 saturated heterocycles. The minimum Gasteiger partial charge on any atom is -0.460 e. The Morgan fingerprint density at radius 2 is 2.08 bits per heavy atom. The van der Waals surface area contributed by atoms with E-state index in [0.29, 0.717) is 16.3 Å². The van der Waals surface area contributed by atoms with Gasteiger partial charge in [-0.2, -0.15) is 0 Å². The molecule has 0 aromatic carbocycles. The van der Waals surface area contributed by atoms with E-state index in [9.17, 15) is 14.4 Å². The monoisotopic (exact) mass is 362 g/mol. The number of aromatic nitrogens is 2. The number of ketones is 2. The summed E-state index contributed by atoms with van der Waals surface area (Å²) in [7, 11) is 0. The maximum Gasteiger partial charge on any atom is 0.375 e. The molecule has 6 nitrogen and oxygen atoms in total. The summed E-state index contributed by atoms with van der Waals surface area (Å²) in [5.41, 5.74) is 1.94. The van der Waals surface area contributed by atoms with E-state index in [1.54, 1.807) is 17.5 Å². The Kier molecular flexibility index (Phi) is 4.59. The van der Waals surface area contributed by atoms with Crippen LogP contribution in [0.4, 0.5) is 0 Å². The van der Waals surface area contributed by atoms with Crippen LogP contribution in [0.3, 0.4) is 0 Å². The van der Waals surface area contributed by atoms with E-state index >= 15 is 0 Å². The standard InChI is InChI=1S/C16H14N2O4S2/c1-3-22-15(21)11(20)7-10(19)14-13(12-6-9(2)8-24-12)17-16-18(14)4-5-23-16/h4-6,8H,3,7H2,1-2H3. The molecule has 0 fully saturated rings. The molecule has 124 valence electrons. The molecule has 0 spiro atoms. The van der Waals surface area contributed by atoms with E-state index in [4.69, 9.17) is 0 Å². The lowest BCUT2D eigenvalue weighted by Crippen LogP contribution is -2.21. The van der Waals surface area contributed by atoms with E-state index in [0.717, 1.165) is 10.4 Å². The molecule has 3 aromatic rings. The molecule has 0 bridgehead atoms. The summed E-state index contributed by atoms with van der Waals surface area (Å²) in [5, 5.41) is 3.79. The predicted molar refractivity (Wildman–Crippen MR) is 91.7 cm³/mol. The Balaban J connectivity index is 1.98. The van der Waals surface area contributed by atoms with Crippen LogP contribution in [-0.2, 0) is 14.3 Å². The summed E-state index contributed by atoms with van der Waals surface area (Å²) >= 11 is 2.89. The van der Waals surface area contributed by atoms with Crippen molar-refractivity contribution in [2.75, 3.05) is 6.61 Å². The topological polar surface area (TPSA) is 77.7 Å². The lowest BCUT2D eigenvalue weighted by Gasteiger charge is -2.02. The quantitative estimate of drug-likeness (QED) is 0.291. The fourth-order valence-electron chi connectivity index (χ4n) is 2.29. The van der Waals surface area contributed by atoms with Gasteiger partial charge in [-0.05, 0) is 30.9 Å². The first kappa shape index (κ1) is 16.5. The number of Topliss-reactive ketones (excluding diaryl/α,β-unsaturated/α-hetero) is 2. The Bertz CT molecular complexity index is 935. The van der Waals surface area contributed by atoms with Crippen molar-refractivity contribution in [3.05, 3.63) is 34.3 Å². The molecule has 3 rings (SSSR count). The third-order valence-corrected chi connectivity index (χ3v) is 5.13. The van der Waals surface area contributed by atoms with Crippen LogP contribution in [-0.4, -0.2) is 33.5 Å². The predicted octanol–water partition coefficient (Wildman–Crippen LogP) is 3.14. The van der Waals surface area contributed by atoms with Crippen LogP contribution in [0.2, 0.25) is 0 Å². The van der Waals surface area contributed by atoms with Crippen LogP contribution in [0.25, 0.3) is 15.5 Å². The number of fused-ring (bicyclic) bond motifs is 1. The van der Waals surface area contributed by atoms with Crippen molar-refractivity contribution in [1.82, 2.24) is 9.38 Å². The molecule has 3 aromatic heterocycles. The molecule has 0 aliphatic rings. The van der Waals surface area contributed by atoms with E-state index in [2.05, 4.69) is 9.72 Å². The molecule has 0 saturated carbocycles. The molecule has 3 heterocycles. The summed E-state index contributed by atoms with van der Waals surface area (Å²) in [4.78, 5) is 42.0. The Labute approximate surface area is 145 Å². The molecule has 0 aliphatic heterocycles. The van der Waals surface area contributed by atoms with E-state index in [1.807, 2.05) is 23.8 Å². The number of aryl methyl sites for hydroxylation is 1. The maximum atomic E-state index is 12.7. The first-order valence-electron chi connectivity index (χ1n) is 7.25. The summed E-state index contributed by atoms with van der Waals surface area (Å²) in [6, 6.07) is 1.95. The number of thiazole rings is 1. The molecule has 8 heteroatoms. The number of esters is 1. The third kappa shape index (κ3) is 3.02. The second-order valence-corrected chi connectivity index (χ2v) is 6.88. The van der Waals surface area contributed by atoms with Crippen LogP contribution < -0.4 is 0 Å². The summed E-state index contributed by atoms with van der Waals surface area (Å²) < 4.78 is 6.32. The van der Waals surface area contributed by atoms with Crippen molar-refractivity contribution in [3.8, 4) is 10.6 Å². The maximum absolute atomic E-state index is 12.7. The Morgan fingerprint density at radius 1 is 1.29 bits per heavy atom. The molecule has 0 amide bonds. The van der Waals surface area contributed by atoms with Gasteiger partial charge >= 0.3 is 5.97 Å². The highest BCUT2D eigenvalue weighted by atomic mass is 32.1. The zero-order valence-corrected chi connectivity index (χ0v) is 14.7. The van der Waals surface area contributed by atoms with Gasteiger partial charge in [-0.25, -0.2) is 9.78 Å². The van der Waals surface area contributed by atoms with Gasteiger partial charge in [-0.1, -0.05) is 0 Å². The van der Waals surface area contributed by atoms with Crippen molar-refractivity contribution in [3.63, 3.8) is 0 Å². The van der Waals surface area contributed by atoms with E-state index < -0.39 is 24.0 Å². The van der Waals surface area contributed by atoms with Crippen molar-refractivity contribution >= 4 is 45.2 Å². The van der Waals surface area contributed by atoms with Gasteiger partial charge in [0.15, 0.2) is 10.7 Å². The number of rotatable bonds is 6. The third-order valence-electron chi connectivity index (χ3n) is 3.31. The average molecular weight is 362 g/mol. The average Bonchev–Trinajstić information content (AvgIpc) is 3.21. The van der Waals surface area contributed by atoms with E-state index in [-0.39, 0.29) is 6.61 Å². The molecular weight excluding hydrogens is 348 g/mol. The SMILES string of the molecule is CCOC(=O)C(=O)CC(=O)c1c(-c2cc(C)cs2)nc2sccn12. The number of hydrogen-bond donors (Lipinski definition) is 0. The lowest BCUT2D eigenvalue weighted by molar-refractivity contribution is -0.153. The molecule has 0 N–H and O–H groups in total. The fourth-order valence-corrected chi connectivity index (χ4v) is 3.90. The second-order valence-electron chi connectivity index (χ2n) is 5.10. The van der Waals surface area contributed by atoms with Crippen LogP contribution >= 0.6 is 22.7 Å². The van der Waals surface area contributed by atoms with Gasteiger partial charge in [0.05, 0.1) is 17.9 Å². The molecular formula is C16H14N2O4S2. The van der Waals surface area contributed by atoms with Crippen molar-refractivity contribution in [1.29, 1.82) is 0 Å². The minimum absolute atomic E-state index is 0.0972. The number of nitrogens with zero attached hydrogens (tertiary/aromatic N) is 2. The van der Waals surface area contributed by atoms with Crippen LogP contribution in [0, 0.1) is 6.92 Å². The largest absolute Gasteiger partial charge is 0.460 e. The number of carbonyl (C=O) groups excluding carboxylic acids is 3. The van der Waals surface area contributed by atoms with Crippen LogP contribution in [0.5, 0.6) is 0 Å². The fraction of sp³-hybridized carbons (Fsp3) is 0.250. The highest BCUT2D eigenvalue weighted by molar-refractivity contribution is 7.15.